The molecule has 2 aromatic carbocycles. The summed E-state index contributed by atoms with van der Waals surface area (Å²) in [6, 6.07) is 11.4. The van der Waals surface area contributed by atoms with E-state index in [1.165, 1.54) is 11.8 Å². The molecule has 0 radical (unpaired) electrons. The lowest BCUT2D eigenvalue weighted by molar-refractivity contribution is -0.115. The van der Waals surface area contributed by atoms with E-state index in [-0.39, 0.29) is 12.5 Å². The van der Waals surface area contributed by atoms with Crippen LogP contribution in [0, 0.1) is 19.3 Å². The molecule has 1 aliphatic rings. The fourth-order valence-electron chi connectivity index (χ4n) is 2.47. The summed E-state index contributed by atoms with van der Waals surface area (Å²) in [5.74, 6) is 3.21. The first-order chi connectivity index (χ1) is 13.5. The highest BCUT2D eigenvalue weighted by Crippen LogP contribution is 2.38. The number of amides is 1. The van der Waals surface area contributed by atoms with Crippen molar-refractivity contribution < 1.29 is 14.3 Å². The van der Waals surface area contributed by atoms with Crippen molar-refractivity contribution >= 4 is 50.5 Å². The normalized spacial score (nSPS) is 16.1. The third kappa shape index (κ3) is 4.77. The van der Waals surface area contributed by atoms with Crippen LogP contribution in [0.1, 0.15) is 11.1 Å². The molecule has 0 spiro atoms. The van der Waals surface area contributed by atoms with Crippen molar-refractivity contribution in [2.45, 2.75) is 6.92 Å². The number of carbonyl (C=O) groups excluding carboxylic acids is 1. The van der Waals surface area contributed by atoms with Gasteiger partial charge in [0.05, 0.1) is 17.7 Å². The number of aryl methyl sites for hydroxylation is 1. The molecule has 142 valence electrons. The fourth-order valence-corrected chi connectivity index (χ4v) is 3.76. The first kappa shape index (κ1) is 20.1. The molecule has 0 bridgehead atoms. The first-order valence-corrected chi connectivity index (χ1v) is 9.91. The van der Waals surface area contributed by atoms with Crippen molar-refractivity contribution in [2.75, 3.05) is 13.7 Å². The van der Waals surface area contributed by atoms with Crippen molar-refractivity contribution in [1.29, 1.82) is 0 Å². The maximum Gasteiger partial charge on any atom is 0.264 e. The number of hydrogen-bond donors (Lipinski definition) is 1. The van der Waals surface area contributed by atoms with Gasteiger partial charge < -0.3 is 14.8 Å². The molecule has 1 heterocycles. The Balaban J connectivity index is 1.93. The maximum atomic E-state index is 12.4. The minimum atomic E-state index is -0.224. The predicted molar refractivity (Wildman–Crippen MR) is 117 cm³/mol. The Kier molecular flexibility index (Phi) is 6.45. The van der Waals surface area contributed by atoms with Gasteiger partial charge in [0.2, 0.25) is 0 Å². The van der Waals surface area contributed by atoms with Gasteiger partial charge in [0.25, 0.3) is 5.91 Å². The summed E-state index contributed by atoms with van der Waals surface area (Å²) in [6.07, 6.45) is 7.04. The van der Waals surface area contributed by atoms with Crippen LogP contribution in [0.2, 0.25) is 0 Å². The number of halogens is 1. The second kappa shape index (κ2) is 9.00. The highest BCUT2D eigenvalue weighted by atomic mass is 79.9. The topological polar surface area (TPSA) is 59.9 Å². The molecule has 0 aromatic heterocycles. The predicted octanol–water partition coefficient (Wildman–Crippen LogP) is 4.67. The number of rotatable bonds is 5. The largest absolute Gasteiger partial charge is 0.493 e. The first-order valence-electron chi connectivity index (χ1n) is 8.30. The number of carbonyl (C=O) groups is 1. The van der Waals surface area contributed by atoms with Crippen LogP contribution < -0.4 is 14.8 Å². The van der Waals surface area contributed by atoms with Crippen LogP contribution in [0.5, 0.6) is 11.5 Å². The number of hydrogen-bond acceptors (Lipinski definition) is 5. The minimum Gasteiger partial charge on any atom is -0.493 e. The van der Waals surface area contributed by atoms with E-state index in [1.54, 1.807) is 19.3 Å². The number of nitrogens with zero attached hydrogens (tertiary/aromatic N) is 1. The van der Waals surface area contributed by atoms with Crippen LogP contribution in [0.25, 0.3) is 6.08 Å². The SMILES string of the molecule is C#CCOc1c(/C=C2\SC(=Nc3ccc(C)cc3)NC2=O)cc(Br)cc1OC. The van der Waals surface area contributed by atoms with Gasteiger partial charge in [-0.15, -0.1) is 6.42 Å². The molecule has 28 heavy (non-hydrogen) atoms. The average Bonchev–Trinajstić information content (AvgIpc) is 3.01. The number of benzene rings is 2. The second-order valence-corrected chi connectivity index (χ2v) is 7.78. The van der Waals surface area contributed by atoms with E-state index in [0.29, 0.717) is 27.1 Å². The van der Waals surface area contributed by atoms with E-state index in [9.17, 15) is 4.79 Å². The zero-order valence-corrected chi connectivity index (χ0v) is 17.7. The standard InChI is InChI=1S/C21H17BrN2O3S/c1-4-9-27-19-14(10-15(22)12-17(19)26-3)11-18-20(25)24-21(28-18)23-16-7-5-13(2)6-8-16/h1,5-8,10-12H,9H2,2-3H3,(H,23,24,25)/b18-11-. The second-order valence-electron chi connectivity index (χ2n) is 5.84. The number of terminal acetylenes is 1. The Hall–Kier alpha value is -2.69. The highest BCUT2D eigenvalue weighted by Gasteiger charge is 2.25. The number of thioether (sulfide) groups is 1. The number of nitrogens with one attached hydrogen (secondary N) is 1. The van der Waals surface area contributed by atoms with E-state index >= 15 is 0 Å². The smallest absolute Gasteiger partial charge is 0.264 e. The third-order valence-corrected chi connectivity index (χ3v) is 5.14. The summed E-state index contributed by atoms with van der Waals surface area (Å²) >= 11 is 4.71. The highest BCUT2D eigenvalue weighted by molar-refractivity contribution is 9.10. The minimum absolute atomic E-state index is 0.0909. The zero-order chi connectivity index (χ0) is 20.1. The molecule has 1 fully saturated rings. The van der Waals surface area contributed by atoms with Crippen LogP contribution in [0.4, 0.5) is 5.69 Å². The Bertz CT molecular complexity index is 1010. The quantitative estimate of drug-likeness (QED) is 0.524. The molecule has 0 atom stereocenters. The lowest BCUT2D eigenvalue weighted by Gasteiger charge is -2.12. The summed E-state index contributed by atoms with van der Waals surface area (Å²) in [5, 5.41) is 3.30. The maximum absolute atomic E-state index is 12.4. The summed E-state index contributed by atoms with van der Waals surface area (Å²) in [5.41, 5.74) is 2.60. The van der Waals surface area contributed by atoms with Crippen molar-refractivity contribution in [1.82, 2.24) is 5.32 Å². The fraction of sp³-hybridized carbons (Fsp3) is 0.143. The number of methoxy groups -OCH3 is 1. The number of amidine groups is 1. The van der Waals surface area contributed by atoms with Crippen molar-refractivity contribution in [3.63, 3.8) is 0 Å². The average molecular weight is 457 g/mol. The van der Waals surface area contributed by atoms with Gasteiger partial charge in [0, 0.05) is 10.0 Å². The van der Waals surface area contributed by atoms with Gasteiger partial charge in [-0.25, -0.2) is 4.99 Å². The van der Waals surface area contributed by atoms with Crippen LogP contribution in [-0.4, -0.2) is 24.8 Å². The molecule has 1 aliphatic heterocycles. The van der Waals surface area contributed by atoms with Crippen LogP contribution in [0.15, 0.2) is 50.8 Å². The lowest BCUT2D eigenvalue weighted by atomic mass is 10.1. The van der Waals surface area contributed by atoms with Gasteiger partial charge in [-0.3, -0.25) is 4.79 Å². The monoisotopic (exact) mass is 456 g/mol. The van der Waals surface area contributed by atoms with Gasteiger partial charge in [-0.05, 0) is 49.0 Å². The molecular weight excluding hydrogens is 440 g/mol. The molecular formula is C21H17BrN2O3S. The molecule has 5 nitrogen and oxygen atoms in total. The van der Waals surface area contributed by atoms with Gasteiger partial charge in [-0.1, -0.05) is 39.5 Å². The Labute approximate surface area is 176 Å². The van der Waals surface area contributed by atoms with E-state index in [1.807, 2.05) is 37.3 Å². The Morgan fingerprint density at radius 1 is 1.32 bits per heavy atom. The Morgan fingerprint density at radius 2 is 2.07 bits per heavy atom. The molecule has 7 heteroatoms. The molecule has 1 N–H and O–H groups in total. The van der Waals surface area contributed by atoms with Crippen molar-refractivity contribution in [2.24, 2.45) is 4.99 Å². The van der Waals surface area contributed by atoms with E-state index in [0.717, 1.165) is 15.7 Å². The number of ether oxygens (including phenoxy) is 2. The summed E-state index contributed by atoms with van der Waals surface area (Å²) in [4.78, 5) is 17.4. The summed E-state index contributed by atoms with van der Waals surface area (Å²) in [7, 11) is 1.55. The summed E-state index contributed by atoms with van der Waals surface area (Å²) in [6.45, 7) is 2.10. The van der Waals surface area contributed by atoms with Crippen LogP contribution >= 0.6 is 27.7 Å². The number of aliphatic imine (C=N–C) groups is 1. The molecule has 1 saturated heterocycles. The molecule has 1 amide bonds. The van der Waals surface area contributed by atoms with Gasteiger partial charge in [-0.2, -0.15) is 0 Å². The lowest BCUT2D eigenvalue weighted by Crippen LogP contribution is -2.19. The zero-order valence-electron chi connectivity index (χ0n) is 15.3. The molecule has 0 aliphatic carbocycles. The Morgan fingerprint density at radius 3 is 2.75 bits per heavy atom. The van der Waals surface area contributed by atoms with E-state index in [2.05, 4.69) is 32.2 Å². The summed E-state index contributed by atoms with van der Waals surface area (Å²) < 4.78 is 11.8. The van der Waals surface area contributed by atoms with E-state index in [4.69, 9.17) is 15.9 Å². The van der Waals surface area contributed by atoms with E-state index < -0.39 is 0 Å². The van der Waals surface area contributed by atoms with Crippen LogP contribution in [0.3, 0.4) is 0 Å². The molecule has 2 aromatic rings. The van der Waals surface area contributed by atoms with Gasteiger partial charge >= 0.3 is 0 Å². The van der Waals surface area contributed by atoms with Crippen molar-refractivity contribution in [3.05, 3.63) is 56.9 Å². The molecule has 0 saturated carbocycles. The molecule has 0 unspecified atom stereocenters. The van der Waals surface area contributed by atoms with Crippen LogP contribution in [-0.2, 0) is 4.79 Å². The van der Waals surface area contributed by atoms with Crippen molar-refractivity contribution in [3.8, 4) is 23.8 Å². The third-order valence-electron chi connectivity index (χ3n) is 3.77. The van der Waals surface area contributed by atoms with Gasteiger partial charge in [0.1, 0.15) is 6.61 Å². The molecule has 3 rings (SSSR count). The van der Waals surface area contributed by atoms with Gasteiger partial charge in [0.15, 0.2) is 16.7 Å².